The molecule has 1 heterocycles. The Hall–Kier alpha value is -3.59. The van der Waals surface area contributed by atoms with Crippen molar-refractivity contribution in [2.24, 2.45) is 4.99 Å². The predicted octanol–water partition coefficient (Wildman–Crippen LogP) is 7.41. The van der Waals surface area contributed by atoms with Crippen LogP contribution >= 0.6 is 35.0 Å². The molecular formula is C28H20Cl2FNO5S. The molecule has 3 aromatic rings. The minimum Gasteiger partial charge on any atom is -0.506 e. The number of rotatable bonds is 7. The van der Waals surface area contributed by atoms with Crippen LogP contribution in [0.25, 0.3) is 6.08 Å². The number of aliphatic hydroxyl groups is 1. The quantitative estimate of drug-likeness (QED) is 0.297. The highest BCUT2D eigenvalue weighted by molar-refractivity contribution is 8.18. The highest BCUT2D eigenvalue weighted by atomic mass is 35.5. The molecule has 4 rings (SSSR count). The molecule has 0 spiro atoms. The van der Waals surface area contributed by atoms with Crippen LogP contribution in [-0.2, 0) is 16.1 Å². The number of hydrogen-bond acceptors (Lipinski definition) is 6. The molecule has 10 heteroatoms. The summed E-state index contributed by atoms with van der Waals surface area (Å²) >= 11 is 13.8. The topological polar surface area (TPSA) is 85.2 Å². The van der Waals surface area contributed by atoms with Crippen molar-refractivity contribution in [2.75, 3.05) is 6.61 Å². The second-order valence-electron chi connectivity index (χ2n) is 7.87. The van der Waals surface area contributed by atoms with Gasteiger partial charge in [0.1, 0.15) is 28.8 Å². The Morgan fingerprint density at radius 2 is 1.71 bits per heavy atom. The fraction of sp³-hybridized carbons (Fsp3) is 0.107. The first kappa shape index (κ1) is 27.4. The lowest BCUT2D eigenvalue weighted by Gasteiger charge is -2.11. The summed E-state index contributed by atoms with van der Waals surface area (Å²) in [4.78, 5) is 29.6. The second kappa shape index (κ2) is 12.3. The lowest BCUT2D eigenvalue weighted by atomic mass is 10.1. The van der Waals surface area contributed by atoms with Crippen LogP contribution in [0.2, 0.25) is 10.0 Å². The van der Waals surface area contributed by atoms with E-state index in [9.17, 15) is 19.1 Å². The molecule has 38 heavy (non-hydrogen) atoms. The number of nitrogens with zero attached hydrogens (tertiary/aromatic N) is 1. The Morgan fingerprint density at radius 1 is 1.05 bits per heavy atom. The summed E-state index contributed by atoms with van der Waals surface area (Å²) in [6.45, 7) is 1.82. The van der Waals surface area contributed by atoms with Crippen LogP contribution in [0.5, 0.6) is 5.75 Å². The third kappa shape index (κ3) is 6.45. The molecule has 1 amide bonds. The van der Waals surface area contributed by atoms with Crippen LogP contribution in [0.3, 0.4) is 0 Å². The van der Waals surface area contributed by atoms with Crippen molar-refractivity contribution < 1.29 is 28.6 Å². The average Bonchev–Trinajstić information content (AvgIpc) is 3.19. The lowest BCUT2D eigenvalue weighted by molar-refractivity contribution is -0.138. The molecule has 0 aromatic heterocycles. The summed E-state index contributed by atoms with van der Waals surface area (Å²) in [5, 5.41) is 11.3. The number of hydrogen-bond donors (Lipinski definition) is 1. The number of carbonyl (C=O) groups is 2. The first-order chi connectivity index (χ1) is 18.3. The van der Waals surface area contributed by atoms with Gasteiger partial charge in [-0.3, -0.25) is 4.79 Å². The molecule has 0 aliphatic carbocycles. The zero-order valence-electron chi connectivity index (χ0n) is 19.9. The minimum absolute atomic E-state index is 0.0116. The molecule has 1 aliphatic heterocycles. The number of aliphatic hydroxyl groups excluding tert-OH is 1. The predicted molar refractivity (Wildman–Crippen MR) is 147 cm³/mol. The number of amides is 1. The molecule has 0 saturated heterocycles. The Balaban J connectivity index is 1.62. The number of halogens is 3. The average molecular weight is 572 g/mol. The van der Waals surface area contributed by atoms with Gasteiger partial charge in [-0.05, 0) is 60.5 Å². The van der Waals surface area contributed by atoms with Crippen LogP contribution in [0.15, 0.2) is 88.0 Å². The monoisotopic (exact) mass is 571 g/mol. The van der Waals surface area contributed by atoms with E-state index in [0.717, 1.165) is 17.3 Å². The van der Waals surface area contributed by atoms with Crippen molar-refractivity contribution in [3.63, 3.8) is 0 Å². The number of esters is 1. The van der Waals surface area contributed by atoms with E-state index >= 15 is 0 Å². The van der Waals surface area contributed by atoms with Gasteiger partial charge >= 0.3 is 5.97 Å². The van der Waals surface area contributed by atoms with E-state index in [1.54, 1.807) is 67.6 Å². The Bertz CT molecular complexity index is 1450. The van der Waals surface area contributed by atoms with Crippen LogP contribution in [-0.4, -0.2) is 28.6 Å². The maximum absolute atomic E-state index is 13.1. The van der Waals surface area contributed by atoms with Gasteiger partial charge in [0.2, 0.25) is 0 Å². The van der Waals surface area contributed by atoms with Crippen LogP contribution in [0, 0.1) is 5.82 Å². The molecule has 1 N–H and O–H groups in total. The van der Waals surface area contributed by atoms with E-state index < -0.39 is 11.9 Å². The van der Waals surface area contributed by atoms with Gasteiger partial charge in [-0.25, -0.2) is 14.2 Å². The smallest absolute Gasteiger partial charge is 0.344 e. The Morgan fingerprint density at radius 3 is 2.34 bits per heavy atom. The third-order valence-electron chi connectivity index (χ3n) is 5.21. The molecule has 0 saturated carbocycles. The van der Waals surface area contributed by atoms with E-state index in [1.807, 2.05) is 0 Å². The lowest BCUT2D eigenvalue weighted by Crippen LogP contribution is -2.14. The number of benzene rings is 3. The first-order valence-corrected chi connectivity index (χ1v) is 12.9. The van der Waals surface area contributed by atoms with Crippen molar-refractivity contribution in [3.05, 3.63) is 116 Å². The number of carbonyl (C=O) groups excluding carboxylic acids is 2. The zero-order valence-corrected chi connectivity index (χ0v) is 22.2. The Labute approximate surface area is 232 Å². The van der Waals surface area contributed by atoms with Gasteiger partial charge in [0.15, 0.2) is 5.75 Å². The standard InChI is InChI=1S/C28H20Cl2FNO5S/c1-2-36-28(35)23-24(33)22(38-27(23)32-26(34)18-6-4-3-5-7-18)14-17-12-20(29)25(21(30)13-17)37-15-16-8-10-19(31)11-9-16/h3-14,33H,2,15H2,1H3/b22-14-,32-27?. The summed E-state index contributed by atoms with van der Waals surface area (Å²) in [7, 11) is 0. The maximum Gasteiger partial charge on any atom is 0.344 e. The molecule has 0 atom stereocenters. The molecule has 6 nitrogen and oxygen atoms in total. The normalized spacial score (nSPS) is 15.3. The van der Waals surface area contributed by atoms with Crippen molar-refractivity contribution in [3.8, 4) is 5.75 Å². The number of ether oxygens (including phenoxy) is 2. The fourth-order valence-corrected chi connectivity index (χ4v) is 5.04. The SMILES string of the molecule is CCOC(=O)C1=C(O)/C(=C/c2cc(Cl)c(OCc3ccc(F)cc3)c(Cl)c2)SC1=NC(=O)c1ccccc1. The number of aliphatic imine (C=N–C) groups is 1. The summed E-state index contributed by atoms with van der Waals surface area (Å²) in [6, 6.07) is 17.3. The number of thioether (sulfide) groups is 1. The minimum atomic E-state index is -0.805. The van der Waals surface area contributed by atoms with E-state index in [0.29, 0.717) is 11.1 Å². The van der Waals surface area contributed by atoms with Gasteiger partial charge in [-0.2, -0.15) is 0 Å². The highest BCUT2D eigenvalue weighted by Gasteiger charge is 2.34. The largest absolute Gasteiger partial charge is 0.506 e. The van der Waals surface area contributed by atoms with Gasteiger partial charge in [0, 0.05) is 5.56 Å². The summed E-state index contributed by atoms with van der Waals surface area (Å²) < 4.78 is 23.9. The zero-order chi connectivity index (χ0) is 27.2. The molecule has 1 aliphatic rings. The van der Waals surface area contributed by atoms with Gasteiger partial charge < -0.3 is 14.6 Å². The highest BCUT2D eigenvalue weighted by Crippen LogP contribution is 2.41. The summed E-state index contributed by atoms with van der Waals surface area (Å²) in [5.41, 5.74) is 1.35. The van der Waals surface area contributed by atoms with Gasteiger partial charge in [0.25, 0.3) is 5.91 Å². The molecule has 0 bridgehead atoms. The van der Waals surface area contributed by atoms with Gasteiger partial charge in [-0.1, -0.05) is 65.3 Å². The van der Waals surface area contributed by atoms with Crippen molar-refractivity contribution in [1.82, 2.24) is 0 Å². The van der Waals surface area contributed by atoms with Crippen LogP contribution < -0.4 is 4.74 Å². The second-order valence-corrected chi connectivity index (χ2v) is 9.72. The molecular weight excluding hydrogens is 552 g/mol. The summed E-state index contributed by atoms with van der Waals surface area (Å²) in [6.07, 6.45) is 1.55. The van der Waals surface area contributed by atoms with Crippen molar-refractivity contribution in [1.29, 1.82) is 0 Å². The molecule has 0 unspecified atom stereocenters. The van der Waals surface area contributed by atoms with E-state index in [1.165, 1.54) is 12.1 Å². The van der Waals surface area contributed by atoms with E-state index in [2.05, 4.69) is 4.99 Å². The van der Waals surface area contributed by atoms with Crippen molar-refractivity contribution in [2.45, 2.75) is 13.5 Å². The maximum atomic E-state index is 13.1. The summed E-state index contributed by atoms with van der Waals surface area (Å²) in [5.74, 6) is -1.87. The molecule has 0 radical (unpaired) electrons. The van der Waals surface area contributed by atoms with Crippen LogP contribution in [0.1, 0.15) is 28.4 Å². The van der Waals surface area contributed by atoms with E-state index in [-0.39, 0.29) is 56.1 Å². The molecule has 194 valence electrons. The first-order valence-electron chi connectivity index (χ1n) is 11.3. The van der Waals surface area contributed by atoms with Crippen LogP contribution in [0.4, 0.5) is 4.39 Å². The van der Waals surface area contributed by atoms with Gasteiger partial charge in [-0.15, -0.1) is 0 Å². The molecule has 0 fully saturated rings. The third-order valence-corrected chi connectivity index (χ3v) is 6.79. The fourth-order valence-electron chi connectivity index (χ4n) is 3.42. The van der Waals surface area contributed by atoms with E-state index in [4.69, 9.17) is 32.7 Å². The van der Waals surface area contributed by atoms with Gasteiger partial charge in [0.05, 0.1) is 21.6 Å². The molecule has 3 aromatic carbocycles. The van der Waals surface area contributed by atoms with Crippen molar-refractivity contribution >= 4 is 58.0 Å². The Kier molecular flexibility index (Phi) is 8.89.